The molecule has 1 aliphatic heterocycles. The molecule has 0 amide bonds. The van der Waals surface area contributed by atoms with Crippen molar-refractivity contribution in [3.8, 4) is 0 Å². The van der Waals surface area contributed by atoms with Crippen LogP contribution in [-0.2, 0) is 6.42 Å². The van der Waals surface area contributed by atoms with Crippen LogP contribution in [0.25, 0.3) is 0 Å². The third-order valence-corrected chi connectivity index (χ3v) is 3.09. The molecule has 0 aromatic heterocycles. The monoisotopic (exact) mass is 210 g/mol. The molecule has 80 valence electrons. The van der Waals surface area contributed by atoms with Crippen molar-refractivity contribution in [3.05, 3.63) is 59.7 Å². The van der Waals surface area contributed by atoms with Crippen LogP contribution in [0, 0.1) is 0 Å². The summed E-state index contributed by atoms with van der Waals surface area (Å²) in [6, 6.07) is 17.0. The summed E-state index contributed by atoms with van der Waals surface area (Å²) in [5, 5.41) is 3.52. The highest BCUT2D eigenvalue weighted by Crippen LogP contribution is 2.34. The second-order valence-corrected chi connectivity index (χ2v) is 4.23. The van der Waals surface area contributed by atoms with Crippen LogP contribution in [0.1, 0.15) is 17.2 Å². The summed E-state index contributed by atoms with van der Waals surface area (Å²) >= 11 is 0. The standard InChI is InChI=1S/C14H14N2/c15-12-6-7-13-11(8-12)9-14(16-13)10-4-2-1-3-5-10/h1-8,14,16H,9,15H2. The zero-order valence-corrected chi connectivity index (χ0v) is 8.98. The van der Waals surface area contributed by atoms with Gasteiger partial charge in [0, 0.05) is 11.4 Å². The molecule has 3 N–H and O–H groups in total. The summed E-state index contributed by atoms with van der Waals surface area (Å²) in [6.07, 6.45) is 1.02. The molecule has 0 spiro atoms. The van der Waals surface area contributed by atoms with E-state index < -0.39 is 0 Å². The zero-order valence-electron chi connectivity index (χ0n) is 8.98. The Labute approximate surface area is 95.1 Å². The van der Waals surface area contributed by atoms with Gasteiger partial charge < -0.3 is 11.1 Å². The summed E-state index contributed by atoms with van der Waals surface area (Å²) in [5.74, 6) is 0. The predicted octanol–water partition coefficient (Wildman–Crippen LogP) is 2.98. The Morgan fingerprint density at radius 3 is 2.69 bits per heavy atom. The summed E-state index contributed by atoms with van der Waals surface area (Å²) in [4.78, 5) is 0. The molecule has 1 heterocycles. The third-order valence-electron chi connectivity index (χ3n) is 3.09. The first kappa shape index (κ1) is 9.28. The van der Waals surface area contributed by atoms with Crippen molar-refractivity contribution in [2.75, 3.05) is 11.1 Å². The maximum Gasteiger partial charge on any atom is 0.0555 e. The van der Waals surface area contributed by atoms with Crippen LogP contribution in [0.3, 0.4) is 0 Å². The van der Waals surface area contributed by atoms with Crippen LogP contribution in [-0.4, -0.2) is 0 Å². The Morgan fingerprint density at radius 1 is 1.06 bits per heavy atom. The molecular formula is C14H14N2. The lowest BCUT2D eigenvalue weighted by Gasteiger charge is -2.10. The van der Waals surface area contributed by atoms with Crippen LogP contribution >= 0.6 is 0 Å². The number of nitrogen functional groups attached to an aromatic ring is 1. The minimum Gasteiger partial charge on any atom is -0.399 e. The van der Waals surface area contributed by atoms with E-state index in [1.165, 1.54) is 16.8 Å². The van der Waals surface area contributed by atoms with Crippen molar-refractivity contribution < 1.29 is 0 Å². The molecule has 2 nitrogen and oxygen atoms in total. The lowest BCUT2D eigenvalue weighted by molar-refractivity contribution is 0.824. The first-order valence-corrected chi connectivity index (χ1v) is 5.53. The summed E-state index contributed by atoms with van der Waals surface area (Å²) < 4.78 is 0. The normalized spacial score (nSPS) is 17.9. The molecule has 0 saturated carbocycles. The van der Waals surface area contributed by atoms with E-state index in [2.05, 4.69) is 41.7 Å². The van der Waals surface area contributed by atoms with Gasteiger partial charge >= 0.3 is 0 Å². The molecule has 0 radical (unpaired) electrons. The Hall–Kier alpha value is -1.96. The number of benzene rings is 2. The van der Waals surface area contributed by atoms with Gasteiger partial charge in [0.2, 0.25) is 0 Å². The van der Waals surface area contributed by atoms with Crippen molar-refractivity contribution in [2.45, 2.75) is 12.5 Å². The van der Waals surface area contributed by atoms with E-state index in [-0.39, 0.29) is 0 Å². The molecule has 1 unspecified atom stereocenters. The van der Waals surface area contributed by atoms with E-state index in [1.54, 1.807) is 0 Å². The minimum atomic E-state index is 0.387. The van der Waals surface area contributed by atoms with Gasteiger partial charge in [-0.2, -0.15) is 0 Å². The molecule has 2 heteroatoms. The Bertz CT molecular complexity index is 505. The highest BCUT2D eigenvalue weighted by molar-refractivity contribution is 5.63. The van der Waals surface area contributed by atoms with Gasteiger partial charge in [-0.1, -0.05) is 30.3 Å². The highest BCUT2D eigenvalue weighted by atomic mass is 14.9. The summed E-state index contributed by atoms with van der Waals surface area (Å²) in [5.41, 5.74) is 10.5. The van der Waals surface area contributed by atoms with Crippen LogP contribution in [0.4, 0.5) is 11.4 Å². The quantitative estimate of drug-likeness (QED) is 0.710. The summed E-state index contributed by atoms with van der Waals surface area (Å²) in [6.45, 7) is 0. The molecule has 3 rings (SSSR count). The Kier molecular flexibility index (Phi) is 2.07. The fourth-order valence-electron chi connectivity index (χ4n) is 2.27. The molecule has 1 atom stereocenters. The van der Waals surface area contributed by atoms with Crippen LogP contribution in [0.2, 0.25) is 0 Å². The van der Waals surface area contributed by atoms with Crippen LogP contribution < -0.4 is 11.1 Å². The van der Waals surface area contributed by atoms with Crippen molar-refractivity contribution >= 4 is 11.4 Å². The fraction of sp³-hybridized carbons (Fsp3) is 0.143. The van der Waals surface area contributed by atoms with Crippen LogP contribution in [0.15, 0.2) is 48.5 Å². The second-order valence-electron chi connectivity index (χ2n) is 4.23. The molecule has 16 heavy (non-hydrogen) atoms. The SMILES string of the molecule is Nc1ccc2c(c1)CC(c1ccccc1)N2. The molecule has 0 aliphatic carbocycles. The third kappa shape index (κ3) is 1.52. The maximum absolute atomic E-state index is 5.79. The van der Waals surface area contributed by atoms with Gasteiger partial charge in [-0.05, 0) is 35.7 Å². The average molecular weight is 210 g/mol. The lowest BCUT2D eigenvalue weighted by atomic mass is 10.0. The molecular weight excluding hydrogens is 196 g/mol. The predicted molar refractivity (Wildman–Crippen MR) is 67.4 cm³/mol. The molecule has 2 aromatic carbocycles. The van der Waals surface area contributed by atoms with Crippen LogP contribution in [0.5, 0.6) is 0 Å². The van der Waals surface area contributed by atoms with Crippen molar-refractivity contribution in [1.82, 2.24) is 0 Å². The van der Waals surface area contributed by atoms with Gasteiger partial charge in [-0.15, -0.1) is 0 Å². The van der Waals surface area contributed by atoms with Crippen molar-refractivity contribution in [2.24, 2.45) is 0 Å². The first-order chi connectivity index (χ1) is 7.83. The van der Waals surface area contributed by atoms with Gasteiger partial charge in [-0.25, -0.2) is 0 Å². The molecule has 0 fully saturated rings. The Morgan fingerprint density at radius 2 is 1.88 bits per heavy atom. The number of anilines is 2. The summed E-state index contributed by atoms with van der Waals surface area (Å²) in [7, 11) is 0. The number of nitrogens with one attached hydrogen (secondary N) is 1. The zero-order chi connectivity index (χ0) is 11.0. The minimum absolute atomic E-state index is 0.387. The van der Waals surface area contributed by atoms with E-state index in [4.69, 9.17) is 5.73 Å². The fourth-order valence-corrected chi connectivity index (χ4v) is 2.27. The number of nitrogens with two attached hydrogens (primary N) is 1. The lowest BCUT2D eigenvalue weighted by Crippen LogP contribution is -2.04. The van der Waals surface area contributed by atoms with Crippen molar-refractivity contribution in [1.29, 1.82) is 0 Å². The van der Waals surface area contributed by atoms with Crippen molar-refractivity contribution in [3.63, 3.8) is 0 Å². The molecule has 0 saturated heterocycles. The van der Waals surface area contributed by atoms with E-state index in [1.807, 2.05) is 12.1 Å². The number of fused-ring (bicyclic) bond motifs is 1. The number of hydrogen-bond donors (Lipinski definition) is 2. The van der Waals surface area contributed by atoms with E-state index in [9.17, 15) is 0 Å². The van der Waals surface area contributed by atoms with Gasteiger partial charge in [0.15, 0.2) is 0 Å². The average Bonchev–Trinajstić information content (AvgIpc) is 2.73. The number of hydrogen-bond acceptors (Lipinski definition) is 2. The highest BCUT2D eigenvalue weighted by Gasteiger charge is 2.21. The van der Waals surface area contributed by atoms with E-state index >= 15 is 0 Å². The van der Waals surface area contributed by atoms with Gasteiger partial charge in [0.05, 0.1) is 6.04 Å². The largest absolute Gasteiger partial charge is 0.399 e. The van der Waals surface area contributed by atoms with Gasteiger partial charge in [0.1, 0.15) is 0 Å². The van der Waals surface area contributed by atoms with E-state index in [0.717, 1.165) is 12.1 Å². The second kappa shape index (κ2) is 3.56. The maximum atomic E-state index is 5.79. The Balaban J connectivity index is 1.91. The molecule has 2 aromatic rings. The van der Waals surface area contributed by atoms with Gasteiger partial charge in [-0.3, -0.25) is 0 Å². The van der Waals surface area contributed by atoms with Gasteiger partial charge in [0.25, 0.3) is 0 Å². The topological polar surface area (TPSA) is 38.0 Å². The molecule has 1 aliphatic rings. The number of rotatable bonds is 1. The smallest absolute Gasteiger partial charge is 0.0555 e. The van der Waals surface area contributed by atoms with E-state index in [0.29, 0.717) is 6.04 Å². The molecule has 0 bridgehead atoms. The first-order valence-electron chi connectivity index (χ1n) is 5.53.